The summed E-state index contributed by atoms with van der Waals surface area (Å²) in [5.74, 6) is 1.13. The monoisotopic (exact) mass is 594 g/mol. The third-order valence-corrected chi connectivity index (χ3v) is 8.24. The number of nitriles is 1. The van der Waals surface area contributed by atoms with Crippen LogP contribution < -0.4 is 16.2 Å². The summed E-state index contributed by atoms with van der Waals surface area (Å²) in [6.45, 7) is 7.31. The van der Waals surface area contributed by atoms with Crippen LogP contribution >= 0.6 is 0 Å². The van der Waals surface area contributed by atoms with E-state index in [1.54, 1.807) is 39.8 Å². The first-order valence-electron chi connectivity index (χ1n) is 14.6. The molecule has 0 saturated carbocycles. The van der Waals surface area contributed by atoms with E-state index in [4.69, 9.17) is 15.2 Å². The van der Waals surface area contributed by atoms with Gasteiger partial charge in [-0.15, -0.1) is 0 Å². The highest BCUT2D eigenvalue weighted by Gasteiger charge is 2.35. The Labute approximate surface area is 254 Å². The van der Waals surface area contributed by atoms with Crippen molar-refractivity contribution in [2.75, 3.05) is 45.1 Å². The zero-order valence-corrected chi connectivity index (χ0v) is 24.7. The van der Waals surface area contributed by atoms with Crippen molar-refractivity contribution in [3.8, 4) is 23.3 Å². The fraction of sp³-hybridized carbons (Fsp3) is 0.344. The third-order valence-electron chi connectivity index (χ3n) is 8.24. The lowest BCUT2D eigenvalue weighted by atomic mass is 9.98. The van der Waals surface area contributed by atoms with Gasteiger partial charge in [0, 0.05) is 31.7 Å². The number of aromatic nitrogens is 4. The van der Waals surface area contributed by atoms with Crippen LogP contribution in [0.2, 0.25) is 0 Å². The van der Waals surface area contributed by atoms with Gasteiger partial charge in [-0.25, -0.2) is 14.8 Å². The van der Waals surface area contributed by atoms with E-state index in [0.717, 1.165) is 13.1 Å². The van der Waals surface area contributed by atoms with Gasteiger partial charge in [0.25, 0.3) is 5.91 Å². The quantitative estimate of drug-likeness (QED) is 0.252. The lowest BCUT2D eigenvalue weighted by Crippen LogP contribution is -2.49. The van der Waals surface area contributed by atoms with Gasteiger partial charge in [0.05, 0.1) is 24.9 Å². The summed E-state index contributed by atoms with van der Waals surface area (Å²) in [5, 5.41) is 9.94. The molecular formula is C32H34N8O4. The third kappa shape index (κ3) is 5.55. The molecule has 0 bridgehead atoms. The van der Waals surface area contributed by atoms with E-state index in [2.05, 4.69) is 20.9 Å². The summed E-state index contributed by atoms with van der Waals surface area (Å²) in [5.41, 5.74) is 6.89. The van der Waals surface area contributed by atoms with Crippen molar-refractivity contribution < 1.29 is 14.3 Å². The molecule has 2 aromatic heterocycles. The van der Waals surface area contributed by atoms with Crippen LogP contribution in [-0.4, -0.2) is 79.7 Å². The summed E-state index contributed by atoms with van der Waals surface area (Å²) in [6.07, 6.45) is 3.59. The number of nitrogens with two attached hydrogens (primary N) is 1. The summed E-state index contributed by atoms with van der Waals surface area (Å²) < 4.78 is 14.4. The van der Waals surface area contributed by atoms with Crippen molar-refractivity contribution in [3.05, 3.63) is 83.1 Å². The number of carbonyl (C=O) groups excluding carboxylic acids is 1. The highest BCUT2D eigenvalue weighted by molar-refractivity contribution is 5.97. The van der Waals surface area contributed by atoms with Gasteiger partial charge in [-0.1, -0.05) is 18.2 Å². The Balaban J connectivity index is 1.28. The van der Waals surface area contributed by atoms with E-state index < -0.39 is 5.54 Å². The van der Waals surface area contributed by atoms with Gasteiger partial charge in [0.2, 0.25) is 0 Å². The smallest absolute Gasteiger partial charge is 0.335 e. The second kappa shape index (κ2) is 11.9. The number of likely N-dealkylation sites (tertiary alicyclic amines) is 1. The average molecular weight is 595 g/mol. The van der Waals surface area contributed by atoms with Crippen LogP contribution in [0.25, 0.3) is 16.9 Å². The molecule has 6 rings (SSSR count). The second-order valence-electron chi connectivity index (χ2n) is 11.4. The van der Waals surface area contributed by atoms with Crippen LogP contribution in [0, 0.1) is 11.3 Å². The number of para-hydroxylation sites is 1. The van der Waals surface area contributed by atoms with Crippen LogP contribution in [0.3, 0.4) is 0 Å². The Morgan fingerprint density at radius 1 is 1.07 bits per heavy atom. The van der Waals surface area contributed by atoms with Gasteiger partial charge in [0.15, 0.2) is 11.5 Å². The molecule has 12 heteroatoms. The number of fused-ring (bicyclic) bond motifs is 1. The Hall–Kier alpha value is -4.99. The van der Waals surface area contributed by atoms with E-state index in [9.17, 15) is 14.9 Å². The molecule has 226 valence electrons. The number of nitrogen functional groups attached to an aromatic ring is 1. The van der Waals surface area contributed by atoms with Gasteiger partial charge >= 0.3 is 5.69 Å². The maximum atomic E-state index is 14.0. The first-order valence-corrected chi connectivity index (χ1v) is 14.6. The summed E-state index contributed by atoms with van der Waals surface area (Å²) in [7, 11) is 0. The number of carbonyl (C=O) groups is 1. The molecule has 2 aromatic carbocycles. The van der Waals surface area contributed by atoms with Gasteiger partial charge in [-0.3, -0.25) is 18.8 Å². The maximum absolute atomic E-state index is 14.0. The van der Waals surface area contributed by atoms with E-state index in [1.165, 1.54) is 10.9 Å². The second-order valence-corrected chi connectivity index (χ2v) is 11.4. The Morgan fingerprint density at radius 2 is 1.77 bits per heavy atom. The van der Waals surface area contributed by atoms with Gasteiger partial charge in [-0.2, -0.15) is 5.26 Å². The normalized spacial score (nSPS) is 18.0. The Morgan fingerprint density at radius 3 is 2.48 bits per heavy atom. The topological polar surface area (TPSA) is 145 Å². The molecule has 0 spiro atoms. The SMILES string of the molecule is CC(C)(C=C(C#N)C(=O)N1CC[C@@H](n2c(=O)n(-c3ccc(Oc4ccccc4)cc3)c3c(N)ncnc32)C1)N1CCOCC1. The molecule has 2 aliphatic heterocycles. The first-order chi connectivity index (χ1) is 21.3. The van der Waals surface area contributed by atoms with E-state index in [0.29, 0.717) is 54.5 Å². The summed E-state index contributed by atoms with van der Waals surface area (Å²) in [6, 6.07) is 18.3. The Bertz CT molecular complexity index is 1800. The molecule has 44 heavy (non-hydrogen) atoms. The highest BCUT2D eigenvalue weighted by atomic mass is 16.5. The minimum Gasteiger partial charge on any atom is -0.457 e. The maximum Gasteiger partial charge on any atom is 0.335 e. The minimum absolute atomic E-state index is 0.0845. The molecule has 2 N–H and O–H groups in total. The van der Waals surface area contributed by atoms with Gasteiger partial charge < -0.3 is 20.1 Å². The molecule has 12 nitrogen and oxygen atoms in total. The van der Waals surface area contributed by atoms with Crippen molar-refractivity contribution in [3.63, 3.8) is 0 Å². The van der Waals surface area contributed by atoms with Gasteiger partial charge in [-0.05, 0) is 62.7 Å². The standard InChI is InChI=1S/C32H34N8O4/c1-32(2,38-14-16-43-17-15-38)18-22(19-33)30(41)37-13-12-24(20-37)40-29-27(28(34)35-21-36-29)39(31(40)42)23-8-10-26(11-9-23)44-25-6-4-3-5-7-25/h3-11,18,21,24H,12-17,20H2,1-2H3,(H2,34,35,36)/t24-/m1/s1. The van der Waals surface area contributed by atoms with Gasteiger partial charge in [0.1, 0.15) is 35.0 Å². The van der Waals surface area contributed by atoms with E-state index in [-0.39, 0.29) is 35.6 Å². The number of amides is 1. The number of morpholine rings is 1. The number of hydrogen-bond donors (Lipinski definition) is 1. The lowest BCUT2D eigenvalue weighted by Gasteiger charge is -2.39. The van der Waals surface area contributed by atoms with Crippen molar-refractivity contribution in [2.45, 2.75) is 31.8 Å². The van der Waals surface area contributed by atoms with E-state index >= 15 is 0 Å². The number of imidazole rings is 1. The molecule has 1 atom stereocenters. The predicted molar refractivity (Wildman–Crippen MR) is 164 cm³/mol. The number of anilines is 1. The van der Waals surface area contributed by atoms with Crippen LogP contribution in [-0.2, 0) is 9.53 Å². The number of nitrogens with zero attached hydrogens (tertiary/aromatic N) is 7. The predicted octanol–water partition coefficient (Wildman–Crippen LogP) is 3.29. The molecule has 2 fully saturated rings. The first kappa shape index (κ1) is 29.1. The molecular weight excluding hydrogens is 560 g/mol. The molecule has 0 aliphatic carbocycles. The molecule has 2 aliphatic rings. The van der Waals surface area contributed by atoms with Crippen molar-refractivity contribution in [1.82, 2.24) is 28.9 Å². The van der Waals surface area contributed by atoms with Crippen molar-refractivity contribution >= 4 is 22.9 Å². The lowest BCUT2D eigenvalue weighted by molar-refractivity contribution is -0.125. The summed E-state index contributed by atoms with van der Waals surface area (Å²) >= 11 is 0. The van der Waals surface area contributed by atoms with Crippen LogP contribution in [0.1, 0.15) is 26.3 Å². The molecule has 0 radical (unpaired) electrons. The molecule has 4 aromatic rings. The zero-order chi connectivity index (χ0) is 30.8. The zero-order valence-electron chi connectivity index (χ0n) is 24.7. The number of ether oxygens (including phenoxy) is 2. The molecule has 4 heterocycles. The van der Waals surface area contributed by atoms with Crippen LogP contribution in [0.5, 0.6) is 11.5 Å². The van der Waals surface area contributed by atoms with E-state index in [1.807, 2.05) is 44.2 Å². The Kier molecular flexibility index (Phi) is 7.90. The number of benzene rings is 2. The van der Waals surface area contributed by atoms with Crippen LogP contribution in [0.4, 0.5) is 5.82 Å². The minimum atomic E-state index is -0.496. The highest BCUT2D eigenvalue weighted by Crippen LogP contribution is 2.30. The van der Waals surface area contributed by atoms with Crippen LogP contribution in [0.15, 0.2) is 77.4 Å². The average Bonchev–Trinajstić information content (AvgIpc) is 3.64. The molecule has 2 saturated heterocycles. The summed E-state index contributed by atoms with van der Waals surface area (Å²) in [4.78, 5) is 40.0. The largest absolute Gasteiger partial charge is 0.457 e. The molecule has 0 unspecified atom stereocenters. The molecule has 1 amide bonds. The fourth-order valence-electron chi connectivity index (χ4n) is 5.96. The van der Waals surface area contributed by atoms with Crippen molar-refractivity contribution in [2.24, 2.45) is 0 Å². The van der Waals surface area contributed by atoms with Crippen molar-refractivity contribution in [1.29, 1.82) is 5.26 Å². The number of rotatable bonds is 7. The number of hydrogen-bond acceptors (Lipinski definition) is 9. The fourth-order valence-corrected chi connectivity index (χ4v) is 5.96.